The molecule has 5 nitrogen and oxygen atoms in total. The molecule has 21 heavy (non-hydrogen) atoms. The fraction of sp³-hybridized carbons (Fsp3) is 0.562. The number of unbranched alkanes of at least 4 members (excludes halogenated alkanes) is 4. The van der Waals surface area contributed by atoms with E-state index in [0.717, 1.165) is 19.3 Å². The number of esters is 1. The Morgan fingerprint density at radius 2 is 1.81 bits per heavy atom. The van der Waals surface area contributed by atoms with Crippen molar-refractivity contribution in [3.05, 3.63) is 39.9 Å². The predicted octanol–water partition coefficient (Wildman–Crippen LogP) is 4.50. The van der Waals surface area contributed by atoms with E-state index in [2.05, 4.69) is 6.92 Å². The number of rotatable bonds is 9. The van der Waals surface area contributed by atoms with E-state index in [4.69, 9.17) is 4.74 Å². The maximum Gasteiger partial charge on any atom is 0.338 e. The Morgan fingerprint density at radius 3 is 2.38 bits per heavy atom. The summed E-state index contributed by atoms with van der Waals surface area (Å²) in [6, 6.07) is 5.47. The molecule has 0 aliphatic heterocycles. The molecule has 1 atom stereocenters. The Hall–Kier alpha value is -1.91. The highest BCUT2D eigenvalue weighted by Crippen LogP contribution is 2.15. The molecule has 116 valence electrons. The number of hydrogen-bond acceptors (Lipinski definition) is 4. The van der Waals surface area contributed by atoms with Crippen LogP contribution in [0.3, 0.4) is 0 Å². The third-order valence-corrected chi connectivity index (χ3v) is 3.34. The van der Waals surface area contributed by atoms with Gasteiger partial charge in [-0.05, 0) is 31.9 Å². The van der Waals surface area contributed by atoms with Crippen LogP contribution in [0, 0.1) is 10.1 Å². The number of ether oxygens (including phenoxy) is 1. The van der Waals surface area contributed by atoms with E-state index in [9.17, 15) is 14.9 Å². The molecule has 1 aromatic rings. The van der Waals surface area contributed by atoms with Crippen LogP contribution in [0.5, 0.6) is 0 Å². The summed E-state index contributed by atoms with van der Waals surface area (Å²) in [5.41, 5.74) is 0.314. The van der Waals surface area contributed by atoms with E-state index >= 15 is 0 Å². The molecule has 0 fully saturated rings. The van der Waals surface area contributed by atoms with Crippen LogP contribution in [0.25, 0.3) is 0 Å². The van der Waals surface area contributed by atoms with Crippen molar-refractivity contribution in [1.82, 2.24) is 0 Å². The summed E-state index contributed by atoms with van der Waals surface area (Å²) in [6.45, 7) is 4.05. The van der Waals surface area contributed by atoms with Crippen molar-refractivity contribution in [1.29, 1.82) is 0 Å². The summed E-state index contributed by atoms with van der Waals surface area (Å²) >= 11 is 0. The molecule has 0 saturated heterocycles. The first kappa shape index (κ1) is 17.1. The lowest BCUT2D eigenvalue weighted by Crippen LogP contribution is -2.15. The van der Waals surface area contributed by atoms with Crippen molar-refractivity contribution >= 4 is 11.7 Å². The van der Waals surface area contributed by atoms with E-state index in [1.807, 2.05) is 6.92 Å². The Morgan fingerprint density at radius 1 is 1.19 bits per heavy atom. The van der Waals surface area contributed by atoms with Gasteiger partial charge in [0.05, 0.1) is 16.6 Å². The van der Waals surface area contributed by atoms with Crippen LogP contribution < -0.4 is 0 Å². The topological polar surface area (TPSA) is 69.4 Å². The highest BCUT2D eigenvalue weighted by Gasteiger charge is 2.13. The van der Waals surface area contributed by atoms with Crippen molar-refractivity contribution in [2.45, 2.75) is 58.5 Å². The van der Waals surface area contributed by atoms with Gasteiger partial charge in [-0.1, -0.05) is 32.6 Å². The number of benzene rings is 1. The van der Waals surface area contributed by atoms with Crippen LogP contribution in [-0.4, -0.2) is 17.0 Å². The largest absolute Gasteiger partial charge is 0.459 e. The average Bonchev–Trinajstić information content (AvgIpc) is 2.47. The monoisotopic (exact) mass is 293 g/mol. The van der Waals surface area contributed by atoms with Crippen molar-refractivity contribution in [3.8, 4) is 0 Å². The van der Waals surface area contributed by atoms with Gasteiger partial charge in [-0.25, -0.2) is 4.79 Å². The minimum atomic E-state index is -0.492. The summed E-state index contributed by atoms with van der Waals surface area (Å²) in [5.74, 6) is -0.425. The van der Waals surface area contributed by atoms with Crippen molar-refractivity contribution < 1.29 is 14.5 Å². The van der Waals surface area contributed by atoms with Gasteiger partial charge in [0.25, 0.3) is 5.69 Å². The van der Waals surface area contributed by atoms with Gasteiger partial charge in [0.2, 0.25) is 0 Å². The van der Waals surface area contributed by atoms with Gasteiger partial charge in [-0.2, -0.15) is 0 Å². The Bertz CT molecular complexity index is 456. The van der Waals surface area contributed by atoms with Gasteiger partial charge in [0.15, 0.2) is 0 Å². The Labute approximate surface area is 125 Å². The molecule has 0 saturated carbocycles. The van der Waals surface area contributed by atoms with Gasteiger partial charge in [-0.3, -0.25) is 10.1 Å². The quantitative estimate of drug-likeness (QED) is 0.291. The minimum Gasteiger partial charge on any atom is -0.459 e. The van der Waals surface area contributed by atoms with Crippen LogP contribution >= 0.6 is 0 Å². The molecule has 0 N–H and O–H groups in total. The second-order valence-electron chi connectivity index (χ2n) is 5.22. The third-order valence-electron chi connectivity index (χ3n) is 3.34. The molecule has 0 spiro atoms. The molecule has 0 aliphatic carbocycles. The standard InChI is InChI=1S/C16H23NO4/c1-3-4-5-6-7-8-13(2)21-16(18)14-9-11-15(12-10-14)17(19)20/h9-13H,3-8H2,1-2H3. The number of hydrogen-bond donors (Lipinski definition) is 0. The fourth-order valence-electron chi connectivity index (χ4n) is 2.06. The molecule has 0 amide bonds. The number of nitro groups is 1. The molecule has 0 heterocycles. The summed E-state index contributed by atoms with van der Waals surface area (Å²) in [6.07, 6.45) is 6.61. The molecular weight excluding hydrogens is 270 g/mol. The summed E-state index contributed by atoms with van der Waals surface area (Å²) in [7, 11) is 0. The van der Waals surface area contributed by atoms with Gasteiger partial charge in [0.1, 0.15) is 0 Å². The van der Waals surface area contributed by atoms with E-state index in [1.54, 1.807) is 0 Å². The molecule has 0 aromatic heterocycles. The molecule has 1 rings (SSSR count). The normalized spacial score (nSPS) is 11.9. The van der Waals surface area contributed by atoms with Gasteiger partial charge in [0, 0.05) is 12.1 Å². The molecule has 1 aromatic carbocycles. The highest BCUT2D eigenvalue weighted by atomic mass is 16.6. The zero-order chi connectivity index (χ0) is 15.7. The molecular formula is C16H23NO4. The van der Waals surface area contributed by atoms with Gasteiger partial charge < -0.3 is 4.74 Å². The first-order valence-electron chi connectivity index (χ1n) is 7.50. The maximum absolute atomic E-state index is 11.9. The first-order valence-corrected chi connectivity index (χ1v) is 7.50. The van der Waals surface area contributed by atoms with Gasteiger partial charge in [-0.15, -0.1) is 0 Å². The molecule has 5 heteroatoms. The van der Waals surface area contributed by atoms with Gasteiger partial charge >= 0.3 is 5.97 Å². The molecule has 0 bridgehead atoms. The summed E-state index contributed by atoms with van der Waals surface area (Å²) < 4.78 is 5.33. The third kappa shape index (κ3) is 6.38. The van der Waals surface area contributed by atoms with Crippen molar-refractivity contribution in [3.63, 3.8) is 0 Å². The average molecular weight is 293 g/mol. The van der Waals surface area contributed by atoms with Crippen LogP contribution in [0.2, 0.25) is 0 Å². The van der Waals surface area contributed by atoms with E-state index in [1.165, 1.54) is 43.5 Å². The molecule has 0 aliphatic rings. The second-order valence-corrected chi connectivity index (χ2v) is 5.22. The van der Waals surface area contributed by atoms with Crippen LogP contribution in [0.1, 0.15) is 62.7 Å². The number of carbonyl (C=O) groups is 1. The number of nitrogens with zero attached hydrogens (tertiary/aromatic N) is 1. The molecule has 1 unspecified atom stereocenters. The smallest absolute Gasteiger partial charge is 0.338 e. The second kappa shape index (κ2) is 9.10. The maximum atomic E-state index is 11.9. The summed E-state index contributed by atoms with van der Waals surface area (Å²) in [4.78, 5) is 21.9. The predicted molar refractivity (Wildman–Crippen MR) is 81.3 cm³/mol. The number of carbonyl (C=O) groups excluding carboxylic acids is 1. The fourth-order valence-corrected chi connectivity index (χ4v) is 2.06. The summed E-state index contributed by atoms with van der Waals surface area (Å²) in [5, 5.41) is 10.5. The SMILES string of the molecule is CCCCCCCC(C)OC(=O)c1ccc([N+](=O)[O-])cc1. The van der Waals surface area contributed by atoms with Crippen molar-refractivity contribution in [2.75, 3.05) is 0 Å². The van der Waals surface area contributed by atoms with Crippen LogP contribution in [-0.2, 0) is 4.74 Å². The van der Waals surface area contributed by atoms with Crippen LogP contribution in [0.4, 0.5) is 5.69 Å². The van der Waals surface area contributed by atoms with E-state index in [0.29, 0.717) is 5.56 Å². The number of nitro benzene ring substituents is 1. The first-order chi connectivity index (χ1) is 10.0. The molecule has 0 radical (unpaired) electrons. The van der Waals surface area contributed by atoms with E-state index in [-0.39, 0.29) is 11.8 Å². The lowest BCUT2D eigenvalue weighted by atomic mass is 10.1. The lowest BCUT2D eigenvalue weighted by molar-refractivity contribution is -0.384. The zero-order valence-electron chi connectivity index (χ0n) is 12.7. The Balaban J connectivity index is 2.36. The van der Waals surface area contributed by atoms with E-state index < -0.39 is 10.9 Å². The van der Waals surface area contributed by atoms with Crippen molar-refractivity contribution in [2.24, 2.45) is 0 Å². The minimum absolute atomic E-state index is 0.0319. The zero-order valence-corrected chi connectivity index (χ0v) is 12.7. The Kier molecular flexibility index (Phi) is 7.43. The number of non-ortho nitro benzene ring substituents is 1. The lowest BCUT2D eigenvalue weighted by Gasteiger charge is -2.13. The highest BCUT2D eigenvalue weighted by molar-refractivity contribution is 5.89. The van der Waals surface area contributed by atoms with Crippen LogP contribution in [0.15, 0.2) is 24.3 Å².